The van der Waals surface area contributed by atoms with Crippen LogP contribution in [0.5, 0.6) is 0 Å². The first-order chi connectivity index (χ1) is 7.58. The van der Waals surface area contributed by atoms with E-state index in [2.05, 4.69) is 16.4 Å². The van der Waals surface area contributed by atoms with E-state index in [0.29, 0.717) is 5.13 Å². The second-order valence-corrected chi connectivity index (χ2v) is 4.65. The Bertz CT molecular complexity index is 548. The second kappa shape index (κ2) is 4.09. The van der Waals surface area contributed by atoms with Gasteiger partial charge in [-0.1, -0.05) is 17.4 Å². The Kier molecular flexibility index (Phi) is 2.78. The van der Waals surface area contributed by atoms with Crippen LogP contribution in [-0.4, -0.2) is 22.6 Å². The van der Waals surface area contributed by atoms with Gasteiger partial charge in [0, 0.05) is 0 Å². The number of hydrogen-bond acceptors (Lipinski definition) is 4. The predicted molar refractivity (Wildman–Crippen MR) is 65.2 cm³/mol. The molecule has 0 unspecified atom stereocenters. The fourth-order valence-electron chi connectivity index (χ4n) is 1.45. The van der Waals surface area contributed by atoms with Crippen molar-refractivity contribution in [3.63, 3.8) is 0 Å². The number of carboxylic acid groups (broad SMARTS) is 1. The van der Waals surface area contributed by atoms with E-state index in [9.17, 15) is 4.79 Å². The van der Waals surface area contributed by atoms with Crippen LogP contribution >= 0.6 is 11.3 Å². The molecule has 0 radical (unpaired) electrons. The zero-order chi connectivity index (χ0) is 11.7. The molecule has 0 amide bonds. The van der Waals surface area contributed by atoms with Crippen LogP contribution in [0.2, 0.25) is 0 Å². The zero-order valence-electron chi connectivity index (χ0n) is 9.07. The molecule has 0 fully saturated rings. The van der Waals surface area contributed by atoms with Gasteiger partial charge < -0.3 is 10.4 Å². The van der Waals surface area contributed by atoms with Crippen LogP contribution in [0.3, 0.4) is 0 Å². The minimum absolute atomic E-state index is 0.0994. The first kappa shape index (κ1) is 10.9. The summed E-state index contributed by atoms with van der Waals surface area (Å²) in [6.45, 7) is 3.97. The lowest BCUT2D eigenvalue weighted by Crippen LogP contribution is -2.11. The van der Waals surface area contributed by atoms with Gasteiger partial charge in [-0.2, -0.15) is 0 Å². The smallest absolute Gasteiger partial charge is 0.322 e. The number of thiazole rings is 1. The van der Waals surface area contributed by atoms with Gasteiger partial charge in [-0.25, -0.2) is 4.98 Å². The quantitative estimate of drug-likeness (QED) is 0.859. The summed E-state index contributed by atoms with van der Waals surface area (Å²) in [6, 6.07) is 4.07. The molecule has 0 atom stereocenters. The highest BCUT2D eigenvalue weighted by Crippen LogP contribution is 2.29. The van der Waals surface area contributed by atoms with Crippen molar-refractivity contribution in [2.75, 3.05) is 11.9 Å². The van der Waals surface area contributed by atoms with Gasteiger partial charge in [0.05, 0.1) is 10.2 Å². The summed E-state index contributed by atoms with van der Waals surface area (Å²) in [5.74, 6) is -0.882. The van der Waals surface area contributed by atoms with Gasteiger partial charge >= 0.3 is 5.97 Å². The lowest BCUT2D eigenvalue weighted by atomic mass is 10.1. The Hall–Kier alpha value is -1.62. The van der Waals surface area contributed by atoms with Crippen molar-refractivity contribution < 1.29 is 9.90 Å². The number of benzene rings is 1. The van der Waals surface area contributed by atoms with E-state index in [4.69, 9.17) is 5.11 Å². The van der Waals surface area contributed by atoms with Crippen molar-refractivity contribution in [2.45, 2.75) is 13.8 Å². The van der Waals surface area contributed by atoms with E-state index in [1.54, 1.807) is 0 Å². The topological polar surface area (TPSA) is 62.2 Å². The van der Waals surface area contributed by atoms with E-state index in [1.165, 1.54) is 16.9 Å². The third-order valence-corrected chi connectivity index (χ3v) is 3.45. The van der Waals surface area contributed by atoms with E-state index >= 15 is 0 Å². The summed E-state index contributed by atoms with van der Waals surface area (Å²) >= 11 is 1.48. The molecule has 5 heteroatoms. The molecule has 4 nitrogen and oxygen atoms in total. The van der Waals surface area contributed by atoms with Crippen LogP contribution in [0.15, 0.2) is 12.1 Å². The standard InChI is InChI=1S/C11H12N2O2S/c1-6-3-4-8-10(7(6)2)13-11(16-8)12-5-9(14)15/h3-4H,5H2,1-2H3,(H,12,13)(H,14,15). The molecule has 2 N–H and O–H groups in total. The van der Waals surface area contributed by atoms with Gasteiger partial charge in [0.25, 0.3) is 0 Å². The highest BCUT2D eigenvalue weighted by Gasteiger charge is 2.08. The van der Waals surface area contributed by atoms with Crippen molar-refractivity contribution in [1.82, 2.24) is 4.98 Å². The average Bonchev–Trinajstić information content (AvgIpc) is 2.64. The first-order valence-electron chi connectivity index (χ1n) is 4.90. The van der Waals surface area contributed by atoms with Crippen LogP contribution in [0, 0.1) is 13.8 Å². The Balaban J connectivity index is 2.36. The van der Waals surface area contributed by atoms with E-state index in [1.807, 2.05) is 19.9 Å². The van der Waals surface area contributed by atoms with Gasteiger partial charge in [-0.05, 0) is 31.0 Å². The number of nitrogens with one attached hydrogen (secondary N) is 1. The van der Waals surface area contributed by atoms with Crippen LogP contribution < -0.4 is 5.32 Å². The molecule has 2 rings (SSSR count). The van der Waals surface area contributed by atoms with Crippen molar-refractivity contribution in [2.24, 2.45) is 0 Å². The number of anilines is 1. The van der Waals surface area contributed by atoms with Crippen molar-refractivity contribution in [1.29, 1.82) is 0 Å². The van der Waals surface area contributed by atoms with Crippen LogP contribution in [0.25, 0.3) is 10.2 Å². The first-order valence-corrected chi connectivity index (χ1v) is 5.72. The molecule has 0 aliphatic heterocycles. The van der Waals surface area contributed by atoms with Crippen LogP contribution in [0.4, 0.5) is 5.13 Å². The second-order valence-electron chi connectivity index (χ2n) is 3.62. The lowest BCUT2D eigenvalue weighted by Gasteiger charge is -1.98. The molecule has 0 saturated heterocycles. The minimum atomic E-state index is -0.882. The molecule has 16 heavy (non-hydrogen) atoms. The number of carboxylic acids is 1. The average molecular weight is 236 g/mol. The summed E-state index contributed by atoms with van der Waals surface area (Å²) in [7, 11) is 0. The van der Waals surface area contributed by atoms with Gasteiger partial charge in [0.1, 0.15) is 6.54 Å². The molecule has 1 aromatic carbocycles. The molecule has 84 valence electrons. The summed E-state index contributed by atoms with van der Waals surface area (Å²) in [6.07, 6.45) is 0. The Morgan fingerprint density at radius 1 is 1.50 bits per heavy atom. The zero-order valence-corrected chi connectivity index (χ0v) is 9.89. The van der Waals surface area contributed by atoms with Gasteiger partial charge in [0.15, 0.2) is 5.13 Å². The SMILES string of the molecule is Cc1ccc2sc(NCC(=O)O)nc2c1C. The summed E-state index contributed by atoms with van der Waals surface area (Å²) in [5.41, 5.74) is 3.30. The third-order valence-electron chi connectivity index (χ3n) is 2.48. The minimum Gasteiger partial charge on any atom is -0.480 e. The van der Waals surface area contributed by atoms with E-state index < -0.39 is 5.97 Å². The molecule has 2 aromatic rings. The summed E-state index contributed by atoms with van der Waals surface area (Å²) < 4.78 is 1.08. The normalized spacial score (nSPS) is 10.6. The van der Waals surface area contributed by atoms with Gasteiger partial charge in [-0.3, -0.25) is 4.79 Å². The Labute approximate surface area is 96.9 Å². The highest BCUT2D eigenvalue weighted by atomic mass is 32.1. The molecule has 0 aliphatic rings. The molecule has 0 aliphatic carbocycles. The third kappa shape index (κ3) is 1.99. The maximum Gasteiger partial charge on any atom is 0.322 e. The van der Waals surface area contributed by atoms with Crippen LogP contribution in [0.1, 0.15) is 11.1 Å². The number of aromatic nitrogens is 1. The fraction of sp³-hybridized carbons (Fsp3) is 0.273. The molecule has 0 bridgehead atoms. The molecule has 0 saturated carbocycles. The lowest BCUT2D eigenvalue weighted by molar-refractivity contribution is -0.134. The van der Waals surface area contributed by atoms with Gasteiger partial charge in [0.2, 0.25) is 0 Å². The maximum atomic E-state index is 10.4. The predicted octanol–water partition coefficient (Wildman–Crippen LogP) is 2.41. The molecule has 0 spiro atoms. The Morgan fingerprint density at radius 3 is 2.94 bits per heavy atom. The van der Waals surface area contributed by atoms with Crippen molar-refractivity contribution in [3.8, 4) is 0 Å². The maximum absolute atomic E-state index is 10.4. The molecule has 1 aromatic heterocycles. The molecular weight excluding hydrogens is 224 g/mol. The number of rotatable bonds is 3. The van der Waals surface area contributed by atoms with E-state index in [0.717, 1.165) is 15.8 Å². The fourth-order valence-corrected chi connectivity index (χ4v) is 2.37. The number of aryl methyl sites for hydroxylation is 2. The molecular formula is C11H12N2O2S. The molecule has 1 heterocycles. The highest BCUT2D eigenvalue weighted by molar-refractivity contribution is 7.22. The van der Waals surface area contributed by atoms with E-state index in [-0.39, 0.29) is 6.54 Å². The number of fused-ring (bicyclic) bond motifs is 1. The summed E-state index contributed by atoms with van der Waals surface area (Å²) in [4.78, 5) is 14.8. The van der Waals surface area contributed by atoms with Gasteiger partial charge in [-0.15, -0.1) is 0 Å². The van der Waals surface area contributed by atoms with Crippen molar-refractivity contribution >= 4 is 32.7 Å². The number of carbonyl (C=O) groups is 1. The van der Waals surface area contributed by atoms with Crippen LogP contribution in [-0.2, 0) is 4.79 Å². The summed E-state index contributed by atoms with van der Waals surface area (Å²) in [5, 5.41) is 12.0. The van der Waals surface area contributed by atoms with Crippen molar-refractivity contribution in [3.05, 3.63) is 23.3 Å². The Morgan fingerprint density at radius 2 is 2.25 bits per heavy atom. The largest absolute Gasteiger partial charge is 0.480 e. The number of hydrogen-bond donors (Lipinski definition) is 2. The number of aliphatic carboxylic acids is 1. The monoisotopic (exact) mass is 236 g/mol. The number of nitrogens with zero attached hydrogens (tertiary/aromatic N) is 1.